The number of halogens is 1. The summed E-state index contributed by atoms with van der Waals surface area (Å²) in [5.41, 5.74) is 3.73. The summed E-state index contributed by atoms with van der Waals surface area (Å²) in [7, 11) is 1.59. The fraction of sp³-hybridized carbons (Fsp3) is 0.400. The molecule has 1 atom stereocenters. The van der Waals surface area contributed by atoms with Crippen LogP contribution < -0.4 is 4.74 Å². The van der Waals surface area contributed by atoms with Crippen LogP contribution in [0.25, 0.3) is 0 Å². The van der Waals surface area contributed by atoms with E-state index in [9.17, 15) is 5.11 Å². The molecule has 1 aromatic heterocycles. The van der Waals surface area contributed by atoms with Crippen LogP contribution in [0.4, 0.5) is 0 Å². The molecule has 108 valence electrons. The number of aromatic nitrogens is 2. The Hall–Kier alpha value is -1.33. The zero-order chi connectivity index (χ0) is 14.9. The number of benzene rings is 1. The highest BCUT2D eigenvalue weighted by Gasteiger charge is 2.22. The summed E-state index contributed by atoms with van der Waals surface area (Å²) in [6.07, 6.45) is 0.888. The highest BCUT2D eigenvalue weighted by Crippen LogP contribution is 2.33. The van der Waals surface area contributed by atoms with Gasteiger partial charge in [-0.2, -0.15) is 5.10 Å². The largest absolute Gasteiger partial charge is 0.493 e. The minimum Gasteiger partial charge on any atom is -0.493 e. The molecular formula is C15H19BrN2O2. The Morgan fingerprint density at radius 3 is 2.45 bits per heavy atom. The summed E-state index contributed by atoms with van der Waals surface area (Å²) in [6.45, 7) is 6.70. The summed E-state index contributed by atoms with van der Waals surface area (Å²) in [5.74, 6) is 0.609. The molecule has 0 amide bonds. The van der Waals surface area contributed by atoms with Gasteiger partial charge in [-0.05, 0) is 37.5 Å². The molecular weight excluding hydrogens is 320 g/mol. The fourth-order valence-corrected chi connectivity index (χ4v) is 2.59. The van der Waals surface area contributed by atoms with Crippen LogP contribution in [0.1, 0.15) is 35.4 Å². The van der Waals surface area contributed by atoms with Gasteiger partial charge in [0.1, 0.15) is 11.8 Å². The van der Waals surface area contributed by atoms with Crippen LogP contribution in [0.5, 0.6) is 5.75 Å². The maximum absolute atomic E-state index is 10.7. The zero-order valence-corrected chi connectivity index (χ0v) is 13.7. The number of aryl methyl sites for hydroxylation is 3. The van der Waals surface area contributed by atoms with Gasteiger partial charge in [-0.25, -0.2) is 0 Å². The van der Waals surface area contributed by atoms with E-state index in [0.29, 0.717) is 18.0 Å². The van der Waals surface area contributed by atoms with E-state index in [2.05, 4.69) is 21.0 Å². The van der Waals surface area contributed by atoms with Gasteiger partial charge < -0.3 is 9.84 Å². The summed E-state index contributed by atoms with van der Waals surface area (Å²) in [5, 5.41) is 14.9. The van der Waals surface area contributed by atoms with Crippen molar-refractivity contribution in [3.05, 3.63) is 45.2 Å². The minimum absolute atomic E-state index is 0.609. The summed E-state index contributed by atoms with van der Waals surface area (Å²) < 4.78 is 8.14. The number of nitrogens with zero attached hydrogens (tertiary/aromatic N) is 2. The van der Waals surface area contributed by atoms with Crippen LogP contribution in [0.2, 0.25) is 0 Å². The Labute approximate surface area is 127 Å². The lowest BCUT2D eigenvalue weighted by atomic mass is 10.0. The van der Waals surface area contributed by atoms with Crippen molar-refractivity contribution in [3.8, 4) is 5.75 Å². The Bertz CT molecular complexity index is 578. The molecule has 20 heavy (non-hydrogen) atoms. The molecule has 0 saturated carbocycles. The molecule has 4 nitrogen and oxygen atoms in total. The first-order valence-corrected chi connectivity index (χ1v) is 7.33. The van der Waals surface area contributed by atoms with Crippen molar-refractivity contribution in [2.45, 2.75) is 33.4 Å². The topological polar surface area (TPSA) is 47.3 Å². The fourth-order valence-electron chi connectivity index (χ4n) is 2.36. The van der Waals surface area contributed by atoms with E-state index in [-0.39, 0.29) is 0 Å². The van der Waals surface area contributed by atoms with Crippen LogP contribution in [0, 0.1) is 13.8 Å². The number of ether oxygens (including phenoxy) is 1. The van der Waals surface area contributed by atoms with Gasteiger partial charge in [0.15, 0.2) is 5.75 Å². The molecule has 0 aliphatic rings. The van der Waals surface area contributed by atoms with E-state index in [1.807, 2.05) is 32.9 Å². The number of methoxy groups -OCH3 is 1. The number of hydrogen-bond acceptors (Lipinski definition) is 3. The lowest BCUT2D eigenvalue weighted by molar-refractivity contribution is 0.202. The summed E-state index contributed by atoms with van der Waals surface area (Å²) in [6, 6.07) is 3.96. The van der Waals surface area contributed by atoms with Crippen molar-refractivity contribution >= 4 is 15.9 Å². The molecule has 1 heterocycles. The molecule has 0 saturated heterocycles. The monoisotopic (exact) mass is 338 g/mol. The average Bonchev–Trinajstić information content (AvgIpc) is 2.86. The first-order chi connectivity index (χ1) is 9.49. The Morgan fingerprint density at radius 2 is 1.95 bits per heavy atom. The third-order valence-electron chi connectivity index (χ3n) is 3.40. The van der Waals surface area contributed by atoms with Gasteiger partial charge in [0, 0.05) is 11.0 Å². The summed E-state index contributed by atoms with van der Waals surface area (Å²) in [4.78, 5) is 0. The van der Waals surface area contributed by atoms with Crippen molar-refractivity contribution in [3.63, 3.8) is 0 Å². The lowest BCUT2D eigenvalue weighted by Gasteiger charge is -2.16. The smallest absolute Gasteiger partial charge is 0.163 e. The lowest BCUT2D eigenvalue weighted by Crippen LogP contribution is -2.10. The first-order valence-electron chi connectivity index (χ1n) is 6.54. The SMILES string of the molecule is CCn1ncc(OC)c1C(O)c1cc(C)c(Br)c(C)c1. The van der Waals surface area contributed by atoms with Gasteiger partial charge >= 0.3 is 0 Å². The quantitative estimate of drug-likeness (QED) is 0.929. The first kappa shape index (κ1) is 15.1. The third-order valence-corrected chi connectivity index (χ3v) is 4.65. The number of aliphatic hydroxyl groups excluding tert-OH is 1. The second kappa shape index (κ2) is 5.97. The predicted octanol–water partition coefficient (Wildman–Crippen LogP) is 3.37. The van der Waals surface area contributed by atoms with Gasteiger partial charge in [-0.1, -0.05) is 28.1 Å². The van der Waals surface area contributed by atoms with Crippen LogP contribution in [0.3, 0.4) is 0 Å². The predicted molar refractivity (Wildman–Crippen MR) is 82.1 cm³/mol. The van der Waals surface area contributed by atoms with Gasteiger partial charge in [-0.3, -0.25) is 4.68 Å². The number of aliphatic hydroxyl groups is 1. The molecule has 2 rings (SSSR count). The number of rotatable bonds is 4. The zero-order valence-electron chi connectivity index (χ0n) is 12.1. The Morgan fingerprint density at radius 1 is 1.35 bits per heavy atom. The molecule has 0 aliphatic carbocycles. The molecule has 0 bridgehead atoms. The van der Waals surface area contributed by atoms with Crippen molar-refractivity contribution in [2.24, 2.45) is 0 Å². The Kier molecular flexibility index (Phi) is 4.50. The highest BCUT2D eigenvalue weighted by atomic mass is 79.9. The number of hydrogen-bond donors (Lipinski definition) is 1. The van der Waals surface area contributed by atoms with Crippen LogP contribution >= 0.6 is 15.9 Å². The Balaban J connectivity index is 2.51. The van der Waals surface area contributed by atoms with Crippen molar-refractivity contribution < 1.29 is 9.84 Å². The molecule has 0 aliphatic heterocycles. The van der Waals surface area contributed by atoms with E-state index in [4.69, 9.17) is 4.74 Å². The van der Waals surface area contributed by atoms with Crippen molar-refractivity contribution in [2.75, 3.05) is 7.11 Å². The van der Waals surface area contributed by atoms with Crippen molar-refractivity contribution in [1.82, 2.24) is 9.78 Å². The normalized spacial score (nSPS) is 12.5. The van der Waals surface area contributed by atoms with Gasteiger partial charge in [0.2, 0.25) is 0 Å². The minimum atomic E-state index is -0.752. The van der Waals surface area contributed by atoms with E-state index in [0.717, 1.165) is 21.2 Å². The second-order valence-electron chi connectivity index (χ2n) is 4.79. The van der Waals surface area contributed by atoms with E-state index < -0.39 is 6.10 Å². The van der Waals surface area contributed by atoms with E-state index in [1.54, 1.807) is 18.0 Å². The third kappa shape index (κ3) is 2.60. The van der Waals surface area contributed by atoms with Crippen molar-refractivity contribution in [1.29, 1.82) is 0 Å². The molecule has 1 aromatic carbocycles. The molecule has 5 heteroatoms. The molecule has 1 N–H and O–H groups in total. The molecule has 0 spiro atoms. The maximum Gasteiger partial charge on any atom is 0.163 e. The van der Waals surface area contributed by atoms with Gasteiger partial charge in [-0.15, -0.1) is 0 Å². The molecule has 0 radical (unpaired) electrons. The average molecular weight is 339 g/mol. The van der Waals surface area contributed by atoms with Gasteiger partial charge in [0.25, 0.3) is 0 Å². The van der Waals surface area contributed by atoms with Crippen LogP contribution in [-0.2, 0) is 6.54 Å². The van der Waals surface area contributed by atoms with Gasteiger partial charge in [0.05, 0.1) is 13.3 Å². The maximum atomic E-state index is 10.7. The highest BCUT2D eigenvalue weighted by molar-refractivity contribution is 9.10. The van der Waals surface area contributed by atoms with Crippen LogP contribution in [-0.4, -0.2) is 22.0 Å². The van der Waals surface area contributed by atoms with E-state index >= 15 is 0 Å². The molecule has 1 unspecified atom stereocenters. The second-order valence-corrected chi connectivity index (χ2v) is 5.58. The molecule has 0 fully saturated rings. The van der Waals surface area contributed by atoms with Crippen LogP contribution in [0.15, 0.2) is 22.8 Å². The standard InChI is InChI=1S/C15H19BrN2O2/c1-5-18-14(12(20-4)8-17-18)15(19)11-6-9(2)13(16)10(3)7-11/h6-8,15,19H,5H2,1-4H3. The molecule has 2 aromatic rings. The summed E-state index contributed by atoms with van der Waals surface area (Å²) >= 11 is 3.54. The van der Waals surface area contributed by atoms with E-state index in [1.165, 1.54) is 0 Å².